The van der Waals surface area contributed by atoms with Crippen molar-refractivity contribution in [3.63, 3.8) is 0 Å². The van der Waals surface area contributed by atoms with Gasteiger partial charge in [-0.2, -0.15) is 5.26 Å². The summed E-state index contributed by atoms with van der Waals surface area (Å²) >= 11 is 0. The SMILES string of the molecule is Cc1ccc(C2(O)CC3CCCC(C2)S3=O)c(C#N)c1. The van der Waals surface area contributed by atoms with E-state index in [9.17, 15) is 14.6 Å². The van der Waals surface area contributed by atoms with Crippen LogP contribution in [0.5, 0.6) is 0 Å². The zero-order chi connectivity index (χ0) is 14.3. The van der Waals surface area contributed by atoms with Crippen molar-refractivity contribution in [1.82, 2.24) is 0 Å². The summed E-state index contributed by atoms with van der Waals surface area (Å²) in [5.41, 5.74) is 1.31. The summed E-state index contributed by atoms with van der Waals surface area (Å²) in [7, 11) is -0.812. The maximum absolute atomic E-state index is 12.3. The van der Waals surface area contributed by atoms with Crippen LogP contribution in [-0.2, 0) is 16.4 Å². The molecule has 2 fully saturated rings. The van der Waals surface area contributed by atoms with E-state index in [4.69, 9.17) is 0 Å². The molecule has 106 valence electrons. The zero-order valence-corrected chi connectivity index (χ0v) is 12.4. The van der Waals surface area contributed by atoms with Crippen molar-refractivity contribution in [1.29, 1.82) is 5.26 Å². The molecule has 3 rings (SSSR count). The summed E-state index contributed by atoms with van der Waals surface area (Å²) in [6.45, 7) is 1.94. The van der Waals surface area contributed by atoms with Gasteiger partial charge in [0.25, 0.3) is 0 Å². The Kier molecular flexibility index (Phi) is 3.43. The van der Waals surface area contributed by atoms with Crippen LogP contribution in [0.1, 0.15) is 48.8 Å². The van der Waals surface area contributed by atoms with Crippen molar-refractivity contribution in [2.24, 2.45) is 0 Å². The lowest BCUT2D eigenvalue weighted by Crippen LogP contribution is -2.47. The van der Waals surface area contributed by atoms with Crippen molar-refractivity contribution in [2.75, 3.05) is 0 Å². The molecule has 2 saturated heterocycles. The van der Waals surface area contributed by atoms with E-state index in [1.807, 2.05) is 25.1 Å². The van der Waals surface area contributed by atoms with Crippen molar-refractivity contribution >= 4 is 10.8 Å². The minimum Gasteiger partial charge on any atom is -0.385 e. The van der Waals surface area contributed by atoms with Gasteiger partial charge in [0.2, 0.25) is 0 Å². The molecule has 2 bridgehead atoms. The molecule has 1 aromatic rings. The molecule has 20 heavy (non-hydrogen) atoms. The largest absolute Gasteiger partial charge is 0.385 e. The van der Waals surface area contributed by atoms with E-state index < -0.39 is 16.4 Å². The molecule has 2 aliphatic rings. The molecule has 2 heterocycles. The number of rotatable bonds is 1. The Morgan fingerprint density at radius 2 is 2.00 bits per heavy atom. The highest BCUT2D eigenvalue weighted by Gasteiger charge is 2.47. The fourth-order valence-corrected chi connectivity index (χ4v) is 5.88. The molecular formula is C16H19NO2S. The van der Waals surface area contributed by atoms with E-state index in [2.05, 4.69) is 6.07 Å². The molecule has 2 unspecified atom stereocenters. The van der Waals surface area contributed by atoms with Gasteiger partial charge in [-0.15, -0.1) is 0 Å². The fraction of sp³-hybridized carbons (Fsp3) is 0.562. The monoisotopic (exact) mass is 289 g/mol. The number of aryl methyl sites for hydroxylation is 1. The highest BCUT2D eigenvalue weighted by Crippen LogP contribution is 2.45. The summed E-state index contributed by atoms with van der Waals surface area (Å²) in [6.07, 6.45) is 4.01. The van der Waals surface area contributed by atoms with E-state index in [0.29, 0.717) is 18.4 Å². The van der Waals surface area contributed by atoms with Crippen LogP contribution in [0.3, 0.4) is 0 Å². The summed E-state index contributed by atoms with van der Waals surface area (Å²) in [5.74, 6) is 0. The Labute approximate surface area is 122 Å². The molecule has 0 amide bonds. The van der Waals surface area contributed by atoms with Gasteiger partial charge in [-0.25, -0.2) is 0 Å². The smallest absolute Gasteiger partial charge is 0.0995 e. The van der Waals surface area contributed by atoms with Crippen molar-refractivity contribution in [3.05, 3.63) is 34.9 Å². The van der Waals surface area contributed by atoms with Crippen LogP contribution in [0.4, 0.5) is 0 Å². The number of fused-ring (bicyclic) bond motifs is 2. The molecule has 0 radical (unpaired) electrons. The lowest BCUT2D eigenvalue weighted by atomic mass is 9.78. The average Bonchev–Trinajstić information content (AvgIpc) is 2.40. The number of benzene rings is 1. The summed E-state index contributed by atoms with van der Waals surface area (Å²) in [4.78, 5) is 0. The van der Waals surface area contributed by atoms with Crippen molar-refractivity contribution < 1.29 is 9.32 Å². The number of nitrogens with zero attached hydrogens (tertiary/aromatic N) is 1. The van der Waals surface area contributed by atoms with Crippen LogP contribution in [0.15, 0.2) is 18.2 Å². The lowest BCUT2D eigenvalue weighted by Gasteiger charge is -2.44. The number of nitriles is 1. The molecule has 3 nitrogen and oxygen atoms in total. The van der Waals surface area contributed by atoms with Crippen LogP contribution in [-0.4, -0.2) is 19.8 Å². The van der Waals surface area contributed by atoms with E-state index in [1.54, 1.807) is 0 Å². The Morgan fingerprint density at radius 3 is 2.60 bits per heavy atom. The third-order valence-corrected chi connectivity index (χ3v) is 6.76. The predicted octanol–water partition coefficient (Wildman–Crippen LogP) is 2.52. The zero-order valence-electron chi connectivity index (χ0n) is 11.6. The molecule has 0 saturated carbocycles. The summed E-state index contributed by atoms with van der Waals surface area (Å²) in [5, 5.41) is 20.6. The predicted molar refractivity (Wildman–Crippen MR) is 78.6 cm³/mol. The number of hydrogen-bond acceptors (Lipinski definition) is 3. The first-order valence-corrected chi connectivity index (χ1v) is 8.44. The second kappa shape index (κ2) is 4.98. The quantitative estimate of drug-likeness (QED) is 0.864. The summed E-state index contributed by atoms with van der Waals surface area (Å²) in [6, 6.07) is 7.84. The average molecular weight is 289 g/mol. The van der Waals surface area contributed by atoms with Gasteiger partial charge < -0.3 is 5.11 Å². The van der Waals surface area contributed by atoms with Gasteiger partial charge in [-0.3, -0.25) is 4.21 Å². The van der Waals surface area contributed by atoms with Crippen LogP contribution in [0.2, 0.25) is 0 Å². The molecule has 0 aromatic heterocycles. The topological polar surface area (TPSA) is 61.1 Å². The number of hydrogen-bond donors (Lipinski definition) is 1. The van der Waals surface area contributed by atoms with Gasteiger partial charge in [0, 0.05) is 26.9 Å². The van der Waals surface area contributed by atoms with Gasteiger partial charge in [0.05, 0.1) is 17.2 Å². The molecule has 2 aliphatic heterocycles. The van der Waals surface area contributed by atoms with E-state index >= 15 is 0 Å². The minimum atomic E-state index is -0.984. The summed E-state index contributed by atoms with van der Waals surface area (Å²) < 4.78 is 12.3. The van der Waals surface area contributed by atoms with E-state index in [1.165, 1.54) is 0 Å². The second-order valence-electron chi connectivity index (χ2n) is 6.10. The van der Waals surface area contributed by atoms with Crippen molar-refractivity contribution in [2.45, 2.75) is 55.1 Å². The highest BCUT2D eigenvalue weighted by atomic mass is 32.2. The Bertz CT molecular complexity index is 589. The first-order valence-electron chi connectivity index (χ1n) is 7.16. The van der Waals surface area contributed by atoms with E-state index in [0.717, 1.165) is 30.4 Å². The molecule has 4 heteroatoms. The van der Waals surface area contributed by atoms with E-state index in [-0.39, 0.29) is 10.5 Å². The number of aliphatic hydroxyl groups is 1. The van der Waals surface area contributed by atoms with Crippen LogP contribution in [0, 0.1) is 18.3 Å². The van der Waals surface area contributed by atoms with Gasteiger partial charge >= 0.3 is 0 Å². The van der Waals surface area contributed by atoms with Gasteiger partial charge in [0.15, 0.2) is 0 Å². The third-order valence-electron chi connectivity index (χ3n) is 4.64. The molecular weight excluding hydrogens is 270 g/mol. The molecule has 0 spiro atoms. The third kappa shape index (κ3) is 2.19. The van der Waals surface area contributed by atoms with Crippen LogP contribution in [0.25, 0.3) is 0 Å². The Morgan fingerprint density at radius 1 is 1.35 bits per heavy atom. The van der Waals surface area contributed by atoms with Gasteiger partial charge in [0.1, 0.15) is 0 Å². The van der Waals surface area contributed by atoms with Gasteiger partial charge in [-0.05, 0) is 44.2 Å². The molecule has 1 aromatic carbocycles. The minimum absolute atomic E-state index is 0.0837. The van der Waals surface area contributed by atoms with Crippen LogP contribution < -0.4 is 0 Å². The Balaban J connectivity index is 2.01. The standard InChI is InChI=1S/C16H19NO2S/c1-11-5-6-15(12(7-11)10-17)16(18)8-13-3-2-4-14(9-16)20(13)19/h5-7,13-14,18H,2-4,8-9H2,1H3. The molecule has 0 aliphatic carbocycles. The second-order valence-corrected chi connectivity index (χ2v) is 8.09. The normalized spacial score (nSPS) is 36.4. The highest BCUT2D eigenvalue weighted by molar-refractivity contribution is 7.86. The van der Waals surface area contributed by atoms with Crippen molar-refractivity contribution in [3.8, 4) is 6.07 Å². The first-order chi connectivity index (χ1) is 9.53. The lowest BCUT2D eigenvalue weighted by molar-refractivity contribution is 0.00630. The van der Waals surface area contributed by atoms with Crippen LogP contribution >= 0.6 is 0 Å². The fourth-order valence-electron chi connectivity index (χ4n) is 3.66. The molecule has 1 N–H and O–H groups in total. The first kappa shape index (κ1) is 13.8. The Hall–Kier alpha value is -1.18. The van der Waals surface area contributed by atoms with Gasteiger partial charge in [-0.1, -0.05) is 18.6 Å². The maximum atomic E-state index is 12.3. The maximum Gasteiger partial charge on any atom is 0.0995 e. The molecule has 2 atom stereocenters.